The first-order valence-electron chi connectivity index (χ1n) is 4.88. The lowest BCUT2D eigenvalue weighted by Gasteiger charge is -2.06. The molecule has 0 spiro atoms. The Morgan fingerprint density at radius 2 is 1.19 bits per heavy atom. The Balaban J connectivity index is 3.12. The van der Waals surface area contributed by atoms with Crippen LogP contribution in [0, 0.1) is 0 Å². The van der Waals surface area contributed by atoms with Gasteiger partial charge in [0.15, 0.2) is 0 Å². The predicted molar refractivity (Wildman–Crippen MR) is 76.7 cm³/mol. The Morgan fingerprint density at radius 1 is 0.750 bits per heavy atom. The van der Waals surface area contributed by atoms with Crippen molar-refractivity contribution in [3.63, 3.8) is 0 Å². The van der Waals surface area contributed by atoms with E-state index in [0.29, 0.717) is 26.4 Å². The monoisotopic (exact) mass is 458 g/mol. The Kier molecular flexibility index (Phi) is 14.3. The zero-order chi connectivity index (χ0) is 12.1. The second-order valence-corrected chi connectivity index (χ2v) is 4.71. The van der Waals surface area contributed by atoms with Gasteiger partial charge in [-0.05, 0) is 0 Å². The van der Waals surface area contributed by atoms with Gasteiger partial charge in [0, 0.05) is 8.86 Å². The molecule has 0 saturated heterocycles. The van der Waals surface area contributed by atoms with Crippen molar-refractivity contribution in [1.82, 2.24) is 0 Å². The van der Waals surface area contributed by atoms with Crippen LogP contribution in [0.1, 0.15) is 0 Å². The van der Waals surface area contributed by atoms with Gasteiger partial charge in [-0.1, -0.05) is 45.2 Å². The van der Waals surface area contributed by atoms with Gasteiger partial charge in [-0.25, -0.2) is 4.79 Å². The lowest BCUT2D eigenvalue weighted by atomic mass is 10.7. The summed E-state index contributed by atoms with van der Waals surface area (Å²) in [7, 11) is 0. The Bertz CT molecular complexity index is 152. The smallest absolute Gasteiger partial charge is 0.432 e. The minimum Gasteiger partial charge on any atom is -0.432 e. The van der Waals surface area contributed by atoms with Crippen LogP contribution in [0.3, 0.4) is 0 Å². The van der Waals surface area contributed by atoms with Gasteiger partial charge in [-0.2, -0.15) is 0 Å². The molecular formula is C9H16I2O5. The van der Waals surface area contributed by atoms with Crippen LogP contribution >= 0.6 is 45.2 Å². The molecule has 0 aliphatic carbocycles. The molecule has 96 valence electrons. The zero-order valence-corrected chi connectivity index (χ0v) is 13.3. The molecule has 16 heavy (non-hydrogen) atoms. The molecule has 0 rings (SSSR count). The molecular weight excluding hydrogens is 442 g/mol. The SMILES string of the molecule is O=C(OCCOCCI)OCCOCCI. The fourth-order valence-corrected chi connectivity index (χ4v) is 1.35. The Hall–Kier alpha value is 0.650. The highest BCUT2D eigenvalue weighted by Crippen LogP contribution is 1.89. The summed E-state index contributed by atoms with van der Waals surface area (Å²) in [4.78, 5) is 10.9. The van der Waals surface area contributed by atoms with Gasteiger partial charge in [0.1, 0.15) is 13.2 Å². The maximum absolute atomic E-state index is 10.9. The van der Waals surface area contributed by atoms with Gasteiger partial charge in [-0.15, -0.1) is 0 Å². The fourth-order valence-electron chi connectivity index (χ4n) is 0.723. The van der Waals surface area contributed by atoms with Crippen molar-refractivity contribution in [3.05, 3.63) is 0 Å². The van der Waals surface area contributed by atoms with E-state index in [2.05, 4.69) is 45.2 Å². The highest BCUT2D eigenvalue weighted by molar-refractivity contribution is 14.1. The third kappa shape index (κ3) is 12.7. The van der Waals surface area contributed by atoms with Crippen LogP contribution in [-0.2, 0) is 18.9 Å². The molecule has 0 aromatic heterocycles. The van der Waals surface area contributed by atoms with Crippen LogP contribution in [0.5, 0.6) is 0 Å². The van der Waals surface area contributed by atoms with Crippen LogP contribution in [0.4, 0.5) is 4.79 Å². The normalized spacial score (nSPS) is 10.1. The van der Waals surface area contributed by atoms with Crippen molar-refractivity contribution in [1.29, 1.82) is 0 Å². The van der Waals surface area contributed by atoms with Crippen molar-refractivity contribution in [2.75, 3.05) is 48.5 Å². The van der Waals surface area contributed by atoms with Crippen molar-refractivity contribution in [2.24, 2.45) is 0 Å². The van der Waals surface area contributed by atoms with E-state index in [0.717, 1.165) is 8.86 Å². The van der Waals surface area contributed by atoms with Gasteiger partial charge in [0.05, 0.1) is 26.4 Å². The lowest BCUT2D eigenvalue weighted by molar-refractivity contribution is 0.0145. The van der Waals surface area contributed by atoms with Crippen molar-refractivity contribution >= 4 is 51.3 Å². The quantitative estimate of drug-likeness (QED) is 0.217. The number of rotatable bonds is 10. The lowest BCUT2D eigenvalue weighted by Crippen LogP contribution is -2.15. The summed E-state index contributed by atoms with van der Waals surface area (Å²) < 4.78 is 21.6. The summed E-state index contributed by atoms with van der Waals surface area (Å²) >= 11 is 4.42. The first-order valence-corrected chi connectivity index (χ1v) is 7.93. The third-order valence-corrected chi connectivity index (χ3v) is 2.22. The number of carbonyl (C=O) groups is 1. The molecule has 5 nitrogen and oxygen atoms in total. The second kappa shape index (κ2) is 13.7. The molecule has 0 aromatic carbocycles. The number of ether oxygens (including phenoxy) is 4. The maximum Gasteiger partial charge on any atom is 0.508 e. The molecule has 0 fully saturated rings. The van der Waals surface area contributed by atoms with Gasteiger partial charge >= 0.3 is 6.16 Å². The van der Waals surface area contributed by atoms with Gasteiger partial charge in [0.2, 0.25) is 0 Å². The molecule has 0 aliphatic heterocycles. The van der Waals surface area contributed by atoms with E-state index in [4.69, 9.17) is 18.9 Å². The summed E-state index contributed by atoms with van der Waals surface area (Å²) in [5, 5.41) is 0. The molecule has 0 amide bonds. The molecule has 0 aromatic rings. The topological polar surface area (TPSA) is 54.0 Å². The number of alkyl halides is 2. The Labute approximate surface area is 123 Å². The highest BCUT2D eigenvalue weighted by Gasteiger charge is 2.02. The van der Waals surface area contributed by atoms with Gasteiger partial charge in [-0.3, -0.25) is 0 Å². The van der Waals surface area contributed by atoms with Gasteiger partial charge < -0.3 is 18.9 Å². The molecule has 0 unspecified atom stereocenters. The van der Waals surface area contributed by atoms with Crippen LogP contribution in [0.2, 0.25) is 0 Å². The summed E-state index contributed by atoms with van der Waals surface area (Å²) in [6.07, 6.45) is -0.670. The van der Waals surface area contributed by atoms with E-state index in [9.17, 15) is 4.79 Å². The first-order chi connectivity index (χ1) is 7.81. The summed E-state index contributed by atoms with van der Waals surface area (Å²) in [5.74, 6) is 0. The van der Waals surface area contributed by atoms with E-state index >= 15 is 0 Å². The second-order valence-electron chi connectivity index (χ2n) is 2.55. The van der Waals surface area contributed by atoms with Crippen molar-refractivity contribution in [3.8, 4) is 0 Å². The van der Waals surface area contributed by atoms with Crippen LogP contribution in [-0.4, -0.2) is 54.7 Å². The van der Waals surface area contributed by atoms with E-state index in [1.165, 1.54) is 0 Å². The average Bonchev–Trinajstić information content (AvgIpc) is 2.28. The third-order valence-electron chi connectivity index (χ3n) is 1.34. The van der Waals surface area contributed by atoms with E-state index < -0.39 is 6.16 Å². The van der Waals surface area contributed by atoms with Crippen LogP contribution in [0.15, 0.2) is 0 Å². The predicted octanol–water partition coefficient (Wildman–Crippen LogP) is 2.04. The largest absolute Gasteiger partial charge is 0.508 e. The fraction of sp³-hybridized carbons (Fsp3) is 0.889. The van der Waals surface area contributed by atoms with Crippen molar-refractivity contribution in [2.45, 2.75) is 0 Å². The van der Waals surface area contributed by atoms with Gasteiger partial charge in [0.25, 0.3) is 0 Å². The molecule has 7 heteroatoms. The summed E-state index contributed by atoms with van der Waals surface area (Å²) in [6.45, 7) is 2.60. The summed E-state index contributed by atoms with van der Waals surface area (Å²) in [5.41, 5.74) is 0. The van der Waals surface area contributed by atoms with E-state index in [-0.39, 0.29) is 13.2 Å². The summed E-state index contributed by atoms with van der Waals surface area (Å²) in [6, 6.07) is 0. The van der Waals surface area contributed by atoms with Crippen molar-refractivity contribution < 1.29 is 23.7 Å². The minimum atomic E-state index is -0.670. The standard InChI is InChI=1S/C9H16I2O5/c10-1-3-13-5-7-15-9(12)16-8-6-14-4-2-11/h1-8H2. The highest BCUT2D eigenvalue weighted by atomic mass is 127. The maximum atomic E-state index is 10.9. The molecule has 0 saturated carbocycles. The molecule has 0 heterocycles. The minimum absolute atomic E-state index is 0.226. The van der Waals surface area contributed by atoms with Crippen LogP contribution < -0.4 is 0 Å². The molecule has 0 N–H and O–H groups in total. The van der Waals surface area contributed by atoms with E-state index in [1.807, 2.05) is 0 Å². The number of halogens is 2. The van der Waals surface area contributed by atoms with E-state index in [1.54, 1.807) is 0 Å². The molecule has 0 atom stereocenters. The number of hydrogen-bond donors (Lipinski definition) is 0. The number of carbonyl (C=O) groups excluding carboxylic acids is 1. The molecule has 0 radical (unpaired) electrons. The Morgan fingerprint density at radius 3 is 1.56 bits per heavy atom. The molecule has 0 bridgehead atoms. The number of hydrogen-bond acceptors (Lipinski definition) is 5. The first kappa shape index (κ1) is 16.6. The zero-order valence-electron chi connectivity index (χ0n) is 8.95. The average molecular weight is 458 g/mol. The molecule has 0 aliphatic rings. The van der Waals surface area contributed by atoms with Crippen LogP contribution in [0.25, 0.3) is 0 Å².